The van der Waals surface area contributed by atoms with Crippen molar-refractivity contribution in [2.45, 2.75) is 77.6 Å². The first-order valence-corrected chi connectivity index (χ1v) is 13.2. The van der Waals surface area contributed by atoms with E-state index in [1.54, 1.807) is 12.1 Å². The second-order valence-corrected chi connectivity index (χ2v) is 10.7. The van der Waals surface area contributed by atoms with Crippen LogP contribution in [-0.2, 0) is 22.6 Å². The van der Waals surface area contributed by atoms with Crippen LogP contribution >= 0.6 is 0 Å². The Morgan fingerprint density at radius 3 is 2.24 bits per heavy atom. The Balaban J connectivity index is 1.37. The smallest absolute Gasteiger partial charge is 0.318 e. The number of nitrogens with zero attached hydrogens (tertiary/aromatic N) is 2. The molecule has 2 aromatic carbocycles. The summed E-state index contributed by atoms with van der Waals surface area (Å²) in [5.41, 5.74) is 1.91. The van der Waals surface area contributed by atoms with Crippen LogP contribution in [0.15, 0.2) is 48.5 Å². The van der Waals surface area contributed by atoms with Crippen molar-refractivity contribution in [3.8, 4) is 5.75 Å². The second kappa shape index (κ2) is 12.2. The number of halogens is 1. The Morgan fingerprint density at radius 1 is 1.05 bits per heavy atom. The molecule has 0 spiro atoms. The van der Waals surface area contributed by atoms with Gasteiger partial charge in [0.25, 0.3) is 0 Å². The van der Waals surface area contributed by atoms with E-state index >= 15 is 0 Å². The number of likely N-dealkylation sites (tertiary alicyclic amines) is 1. The SMILES string of the molecule is CC(C)Oc1ccc(CNC(=O)N(Cc2ccc(F)cc2)C2CCN(C3COC(C)(C)OC3)CC2)cc1. The number of amides is 2. The predicted octanol–water partition coefficient (Wildman–Crippen LogP) is 4.94. The summed E-state index contributed by atoms with van der Waals surface area (Å²) in [4.78, 5) is 17.7. The molecule has 1 N–H and O–H groups in total. The van der Waals surface area contributed by atoms with Crippen molar-refractivity contribution in [1.82, 2.24) is 15.1 Å². The van der Waals surface area contributed by atoms with Crippen molar-refractivity contribution in [3.05, 3.63) is 65.5 Å². The van der Waals surface area contributed by atoms with Gasteiger partial charge in [0.2, 0.25) is 0 Å². The van der Waals surface area contributed by atoms with E-state index in [9.17, 15) is 9.18 Å². The molecule has 8 heteroatoms. The lowest BCUT2D eigenvalue weighted by Gasteiger charge is -2.44. The number of benzene rings is 2. The summed E-state index contributed by atoms with van der Waals surface area (Å²) in [5.74, 6) is 0.00540. The van der Waals surface area contributed by atoms with E-state index in [0.29, 0.717) is 26.3 Å². The molecule has 0 aliphatic carbocycles. The van der Waals surface area contributed by atoms with E-state index in [4.69, 9.17) is 14.2 Å². The number of ether oxygens (including phenoxy) is 3. The van der Waals surface area contributed by atoms with Crippen LogP contribution < -0.4 is 10.1 Å². The Labute approximate surface area is 219 Å². The van der Waals surface area contributed by atoms with Crippen LogP contribution in [0.5, 0.6) is 5.75 Å². The number of carbonyl (C=O) groups excluding carboxylic acids is 1. The molecule has 0 unspecified atom stereocenters. The van der Waals surface area contributed by atoms with Gasteiger partial charge in [-0.05, 0) is 75.9 Å². The second-order valence-electron chi connectivity index (χ2n) is 10.7. The maximum absolute atomic E-state index is 13.5. The lowest BCUT2D eigenvalue weighted by atomic mass is 10.0. The highest BCUT2D eigenvalue weighted by molar-refractivity contribution is 5.74. The van der Waals surface area contributed by atoms with Crippen LogP contribution in [0.2, 0.25) is 0 Å². The maximum atomic E-state index is 13.5. The number of nitrogens with one attached hydrogen (secondary N) is 1. The standard InChI is InChI=1S/C29H40FN3O4/c1-21(2)37-27-11-7-22(8-12-27)17-31-28(34)33(18-23-5-9-24(30)10-6-23)25-13-15-32(16-14-25)26-19-35-29(3,4)36-20-26/h5-12,21,25-26H,13-20H2,1-4H3,(H,31,34). The summed E-state index contributed by atoms with van der Waals surface area (Å²) in [7, 11) is 0. The van der Waals surface area contributed by atoms with Crippen molar-refractivity contribution in [3.63, 3.8) is 0 Å². The molecule has 2 heterocycles. The molecule has 2 aromatic rings. The Hall–Kier alpha value is -2.68. The van der Waals surface area contributed by atoms with E-state index in [0.717, 1.165) is 42.8 Å². The van der Waals surface area contributed by atoms with E-state index in [-0.39, 0.29) is 30.0 Å². The van der Waals surface area contributed by atoms with Crippen LogP contribution in [0, 0.1) is 5.82 Å². The third-order valence-corrected chi connectivity index (χ3v) is 6.97. The molecule has 2 aliphatic heterocycles. The maximum Gasteiger partial charge on any atom is 0.318 e. The third kappa shape index (κ3) is 7.90. The van der Waals surface area contributed by atoms with Gasteiger partial charge < -0.3 is 24.4 Å². The average Bonchev–Trinajstić information content (AvgIpc) is 2.88. The van der Waals surface area contributed by atoms with E-state index in [2.05, 4.69) is 10.2 Å². The van der Waals surface area contributed by atoms with Crippen LogP contribution in [0.3, 0.4) is 0 Å². The summed E-state index contributed by atoms with van der Waals surface area (Å²) in [6.07, 6.45) is 1.83. The minimum atomic E-state index is -0.527. The normalized spacial score (nSPS) is 19.1. The fourth-order valence-electron chi connectivity index (χ4n) is 4.85. The summed E-state index contributed by atoms with van der Waals surface area (Å²) >= 11 is 0. The van der Waals surface area contributed by atoms with E-state index in [1.807, 2.05) is 56.9 Å². The Bertz CT molecular complexity index is 995. The molecule has 0 radical (unpaired) electrons. The summed E-state index contributed by atoms with van der Waals surface area (Å²) in [5, 5.41) is 3.09. The minimum absolute atomic E-state index is 0.0880. The van der Waals surface area contributed by atoms with Gasteiger partial charge in [-0.2, -0.15) is 0 Å². The highest BCUT2D eigenvalue weighted by Gasteiger charge is 2.35. The lowest BCUT2D eigenvalue weighted by Crippen LogP contribution is -2.55. The third-order valence-electron chi connectivity index (χ3n) is 6.97. The minimum Gasteiger partial charge on any atom is -0.491 e. The van der Waals surface area contributed by atoms with Gasteiger partial charge in [0.05, 0.1) is 25.4 Å². The highest BCUT2D eigenvalue weighted by Crippen LogP contribution is 2.25. The van der Waals surface area contributed by atoms with Crippen molar-refractivity contribution < 1.29 is 23.4 Å². The van der Waals surface area contributed by atoms with Gasteiger partial charge in [-0.15, -0.1) is 0 Å². The van der Waals surface area contributed by atoms with Crippen LogP contribution in [0.25, 0.3) is 0 Å². The first-order valence-electron chi connectivity index (χ1n) is 13.2. The molecule has 0 saturated carbocycles. The van der Waals surface area contributed by atoms with Crippen LogP contribution in [-0.4, -0.2) is 66.1 Å². The molecule has 4 rings (SSSR count). The molecule has 2 aliphatic rings. The van der Waals surface area contributed by atoms with Crippen molar-refractivity contribution in [2.75, 3.05) is 26.3 Å². The van der Waals surface area contributed by atoms with Gasteiger partial charge in [-0.3, -0.25) is 4.90 Å². The molecular formula is C29H40FN3O4. The largest absolute Gasteiger partial charge is 0.491 e. The number of hydrogen-bond acceptors (Lipinski definition) is 5. The number of carbonyl (C=O) groups is 1. The zero-order valence-electron chi connectivity index (χ0n) is 22.4. The molecule has 0 aromatic heterocycles. The van der Waals surface area contributed by atoms with Gasteiger partial charge in [0, 0.05) is 32.2 Å². The Kier molecular flexibility index (Phi) is 9.05. The average molecular weight is 514 g/mol. The summed E-state index contributed by atoms with van der Waals surface area (Å²) < 4.78 is 30.9. The molecule has 2 saturated heterocycles. The zero-order valence-corrected chi connectivity index (χ0v) is 22.4. The molecule has 7 nitrogen and oxygen atoms in total. The Morgan fingerprint density at radius 2 is 1.65 bits per heavy atom. The molecule has 2 amide bonds. The van der Waals surface area contributed by atoms with Crippen molar-refractivity contribution in [2.24, 2.45) is 0 Å². The summed E-state index contributed by atoms with van der Waals surface area (Å²) in [6, 6.07) is 14.4. The first-order chi connectivity index (χ1) is 17.7. The topological polar surface area (TPSA) is 63.3 Å². The number of piperidine rings is 1. The van der Waals surface area contributed by atoms with Gasteiger partial charge in [0.15, 0.2) is 5.79 Å². The van der Waals surface area contributed by atoms with Gasteiger partial charge in [-0.25, -0.2) is 9.18 Å². The quantitative estimate of drug-likeness (QED) is 0.542. The molecule has 37 heavy (non-hydrogen) atoms. The fraction of sp³-hybridized carbons (Fsp3) is 0.552. The molecule has 0 atom stereocenters. The van der Waals surface area contributed by atoms with Gasteiger partial charge >= 0.3 is 6.03 Å². The summed E-state index contributed by atoms with van der Waals surface area (Å²) in [6.45, 7) is 11.8. The molecule has 2 fully saturated rings. The van der Waals surface area contributed by atoms with E-state index in [1.165, 1.54) is 12.1 Å². The molecule has 0 bridgehead atoms. The first kappa shape index (κ1) is 27.4. The van der Waals surface area contributed by atoms with Crippen LogP contribution in [0.1, 0.15) is 51.7 Å². The van der Waals surface area contributed by atoms with Crippen LogP contribution in [0.4, 0.5) is 9.18 Å². The highest BCUT2D eigenvalue weighted by atomic mass is 19.1. The van der Waals surface area contributed by atoms with Crippen molar-refractivity contribution in [1.29, 1.82) is 0 Å². The monoisotopic (exact) mass is 513 g/mol. The van der Waals surface area contributed by atoms with E-state index < -0.39 is 5.79 Å². The molecule has 202 valence electrons. The van der Waals surface area contributed by atoms with Gasteiger partial charge in [-0.1, -0.05) is 24.3 Å². The predicted molar refractivity (Wildman–Crippen MR) is 141 cm³/mol. The molecular weight excluding hydrogens is 473 g/mol. The zero-order chi connectivity index (χ0) is 26.4. The number of rotatable bonds is 8. The number of urea groups is 1. The van der Waals surface area contributed by atoms with Crippen molar-refractivity contribution >= 4 is 6.03 Å². The van der Waals surface area contributed by atoms with Gasteiger partial charge in [0.1, 0.15) is 11.6 Å². The fourth-order valence-corrected chi connectivity index (χ4v) is 4.85. The number of hydrogen-bond donors (Lipinski definition) is 1. The lowest BCUT2D eigenvalue weighted by molar-refractivity contribution is -0.264.